The second-order valence-electron chi connectivity index (χ2n) is 4.60. The summed E-state index contributed by atoms with van der Waals surface area (Å²) < 4.78 is 0. The summed E-state index contributed by atoms with van der Waals surface area (Å²) in [6.45, 7) is 2.31. The quantitative estimate of drug-likeness (QED) is 0.863. The van der Waals surface area contributed by atoms with Crippen molar-refractivity contribution in [1.29, 1.82) is 0 Å². The van der Waals surface area contributed by atoms with Gasteiger partial charge in [0.2, 0.25) is 0 Å². The normalized spacial score (nSPS) is 14.2. The standard InChI is InChI=1S/C16H19NO/c1-12-7-9-14(10-8-12)16(15(18)11-17)13-5-3-2-4-6-13/h2-10,15-16,18H,11,17H2,1H3. The first-order chi connectivity index (χ1) is 8.72. The van der Waals surface area contributed by atoms with Crippen molar-refractivity contribution < 1.29 is 5.11 Å². The number of rotatable bonds is 4. The summed E-state index contributed by atoms with van der Waals surface area (Å²) in [5.41, 5.74) is 9.04. The SMILES string of the molecule is Cc1ccc(C(c2ccccc2)C(O)CN)cc1. The second kappa shape index (κ2) is 5.80. The molecule has 0 spiro atoms. The Morgan fingerprint density at radius 1 is 0.944 bits per heavy atom. The molecule has 0 saturated carbocycles. The highest BCUT2D eigenvalue weighted by molar-refractivity contribution is 5.35. The maximum atomic E-state index is 10.2. The Morgan fingerprint density at radius 2 is 1.50 bits per heavy atom. The van der Waals surface area contributed by atoms with Gasteiger partial charge in [-0.15, -0.1) is 0 Å². The van der Waals surface area contributed by atoms with E-state index in [9.17, 15) is 5.11 Å². The molecule has 0 fully saturated rings. The van der Waals surface area contributed by atoms with Crippen molar-refractivity contribution in [1.82, 2.24) is 0 Å². The third-order valence-corrected chi connectivity index (χ3v) is 3.22. The van der Waals surface area contributed by atoms with Crippen LogP contribution >= 0.6 is 0 Å². The van der Waals surface area contributed by atoms with Gasteiger partial charge in [0, 0.05) is 12.5 Å². The van der Waals surface area contributed by atoms with Gasteiger partial charge in [0.05, 0.1) is 6.10 Å². The van der Waals surface area contributed by atoms with Gasteiger partial charge in [0.1, 0.15) is 0 Å². The summed E-state index contributed by atoms with van der Waals surface area (Å²) in [7, 11) is 0. The molecule has 0 aliphatic heterocycles. The average Bonchev–Trinajstić information content (AvgIpc) is 2.42. The molecule has 0 aliphatic carbocycles. The zero-order valence-electron chi connectivity index (χ0n) is 10.6. The molecule has 0 bridgehead atoms. The monoisotopic (exact) mass is 241 g/mol. The Hall–Kier alpha value is -1.64. The number of nitrogens with two attached hydrogens (primary N) is 1. The van der Waals surface area contributed by atoms with Gasteiger partial charge in [-0.05, 0) is 18.1 Å². The zero-order chi connectivity index (χ0) is 13.0. The lowest BCUT2D eigenvalue weighted by atomic mass is 9.86. The van der Waals surface area contributed by atoms with Crippen LogP contribution in [0, 0.1) is 6.92 Å². The minimum atomic E-state index is -0.560. The first-order valence-electron chi connectivity index (χ1n) is 6.22. The van der Waals surface area contributed by atoms with E-state index in [0.29, 0.717) is 0 Å². The highest BCUT2D eigenvalue weighted by atomic mass is 16.3. The van der Waals surface area contributed by atoms with E-state index in [2.05, 4.69) is 31.2 Å². The molecule has 2 rings (SSSR count). The van der Waals surface area contributed by atoms with Crippen molar-refractivity contribution in [3.05, 3.63) is 71.3 Å². The number of hydrogen-bond acceptors (Lipinski definition) is 2. The average molecular weight is 241 g/mol. The van der Waals surface area contributed by atoms with Crippen LogP contribution in [0.2, 0.25) is 0 Å². The highest BCUT2D eigenvalue weighted by Gasteiger charge is 2.21. The molecule has 0 amide bonds. The van der Waals surface area contributed by atoms with Crippen LogP contribution < -0.4 is 5.73 Å². The van der Waals surface area contributed by atoms with E-state index in [1.807, 2.05) is 30.3 Å². The molecule has 18 heavy (non-hydrogen) atoms. The Labute approximate surface area is 108 Å². The number of benzene rings is 2. The fraction of sp³-hybridized carbons (Fsp3) is 0.250. The molecule has 0 heterocycles. The number of hydrogen-bond donors (Lipinski definition) is 2. The van der Waals surface area contributed by atoms with Crippen molar-refractivity contribution >= 4 is 0 Å². The molecular formula is C16H19NO. The lowest BCUT2D eigenvalue weighted by Gasteiger charge is -2.23. The number of aliphatic hydroxyl groups is 1. The number of aryl methyl sites for hydroxylation is 1. The van der Waals surface area contributed by atoms with Crippen molar-refractivity contribution in [3.63, 3.8) is 0 Å². The minimum Gasteiger partial charge on any atom is -0.391 e. The largest absolute Gasteiger partial charge is 0.391 e. The van der Waals surface area contributed by atoms with Crippen LogP contribution in [0.25, 0.3) is 0 Å². The van der Waals surface area contributed by atoms with E-state index in [4.69, 9.17) is 5.73 Å². The van der Waals surface area contributed by atoms with Crippen LogP contribution in [0.3, 0.4) is 0 Å². The molecule has 2 heteroatoms. The Bertz CT molecular complexity index is 478. The van der Waals surface area contributed by atoms with E-state index < -0.39 is 6.10 Å². The summed E-state index contributed by atoms with van der Waals surface area (Å²) in [6.07, 6.45) is -0.560. The van der Waals surface area contributed by atoms with Crippen LogP contribution in [0.5, 0.6) is 0 Å². The predicted octanol–water partition coefficient (Wildman–Crippen LogP) is 2.45. The van der Waals surface area contributed by atoms with Gasteiger partial charge in [-0.25, -0.2) is 0 Å². The van der Waals surface area contributed by atoms with Crippen molar-refractivity contribution in [2.45, 2.75) is 18.9 Å². The summed E-state index contributed by atoms with van der Waals surface area (Å²) in [5.74, 6) is -0.0585. The first-order valence-corrected chi connectivity index (χ1v) is 6.22. The molecule has 0 aliphatic rings. The highest BCUT2D eigenvalue weighted by Crippen LogP contribution is 2.27. The van der Waals surface area contributed by atoms with Crippen molar-refractivity contribution in [2.24, 2.45) is 5.73 Å². The molecule has 0 aromatic heterocycles. The van der Waals surface area contributed by atoms with Crippen LogP contribution in [0.1, 0.15) is 22.6 Å². The van der Waals surface area contributed by atoms with Crippen LogP contribution in [-0.4, -0.2) is 17.8 Å². The molecule has 2 aromatic carbocycles. The lowest BCUT2D eigenvalue weighted by Crippen LogP contribution is -2.28. The van der Waals surface area contributed by atoms with Crippen LogP contribution in [0.15, 0.2) is 54.6 Å². The molecule has 94 valence electrons. The maximum Gasteiger partial charge on any atom is 0.0771 e. The van der Waals surface area contributed by atoms with Gasteiger partial charge in [-0.2, -0.15) is 0 Å². The second-order valence-corrected chi connectivity index (χ2v) is 4.60. The van der Waals surface area contributed by atoms with Crippen molar-refractivity contribution in [2.75, 3.05) is 6.54 Å². The summed E-state index contributed by atoms with van der Waals surface area (Å²) in [4.78, 5) is 0. The van der Waals surface area contributed by atoms with Gasteiger partial charge in [0.15, 0.2) is 0 Å². The minimum absolute atomic E-state index is 0.0585. The predicted molar refractivity (Wildman–Crippen MR) is 74.5 cm³/mol. The van der Waals surface area contributed by atoms with Gasteiger partial charge in [-0.3, -0.25) is 0 Å². The fourth-order valence-electron chi connectivity index (χ4n) is 2.21. The van der Waals surface area contributed by atoms with Gasteiger partial charge in [-0.1, -0.05) is 60.2 Å². The maximum absolute atomic E-state index is 10.2. The third kappa shape index (κ3) is 2.78. The zero-order valence-corrected chi connectivity index (χ0v) is 10.6. The fourth-order valence-corrected chi connectivity index (χ4v) is 2.21. The topological polar surface area (TPSA) is 46.2 Å². The van der Waals surface area contributed by atoms with E-state index in [-0.39, 0.29) is 12.5 Å². The Morgan fingerprint density at radius 3 is 2.06 bits per heavy atom. The molecule has 2 aromatic rings. The summed E-state index contributed by atoms with van der Waals surface area (Å²) in [5, 5.41) is 10.2. The number of aliphatic hydroxyl groups excluding tert-OH is 1. The smallest absolute Gasteiger partial charge is 0.0771 e. The van der Waals surface area contributed by atoms with E-state index in [0.717, 1.165) is 11.1 Å². The van der Waals surface area contributed by atoms with Gasteiger partial charge >= 0.3 is 0 Å². The summed E-state index contributed by atoms with van der Waals surface area (Å²) >= 11 is 0. The first kappa shape index (κ1) is 12.8. The lowest BCUT2D eigenvalue weighted by molar-refractivity contribution is 0.164. The Kier molecular flexibility index (Phi) is 4.13. The van der Waals surface area contributed by atoms with Gasteiger partial charge in [0.25, 0.3) is 0 Å². The van der Waals surface area contributed by atoms with E-state index in [1.54, 1.807) is 0 Å². The summed E-state index contributed by atoms with van der Waals surface area (Å²) in [6, 6.07) is 18.3. The molecule has 2 unspecified atom stereocenters. The van der Waals surface area contributed by atoms with Crippen LogP contribution in [0.4, 0.5) is 0 Å². The molecular weight excluding hydrogens is 222 g/mol. The van der Waals surface area contributed by atoms with Crippen molar-refractivity contribution in [3.8, 4) is 0 Å². The van der Waals surface area contributed by atoms with E-state index in [1.165, 1.54) is 5.56 Å². The molecule has 0 saturated heterocycles. The third-order valence-electron chi connectivity index (χ3n) is 3.22. The molecule has 3 N–H and O–H groups in total. The van der Waals surface area contributed by atoms with Gasteiger partial charge < -0.3 is 10.8 Å². The Balaban J connectivity index is 2.40. The molecule has 2 atom stereocenters. The molecule has 0 radical (unpaired) electrons. The molecule has 2 nitrogen and oxygen atoms in total. The van der Waals surface area contributed by atoms with Crippen LogP contribution in [-0.2, 0) is 0 Å². The van der Waals surface area contributed by atoms with E-state index >= 15 is 0 Å².